The lowest BCUT2D eigenvalue weighted by Gasteiger charge is -2.12. The number of benzene rings is 1. The third-order valence-electron chi connectivity index (χ3n) is 3.41. The number of nitrogen functional groups attached to an aromatic ring is 1. The fourth-order valence-electron chi connectivity index (χ4n) is 2.14. The van der Waals surface area contributed by atoms with Crippen LogP contribution in [0.25, 0.3) is 0 Å². The fraction of sp³-hybridized carbons (Fsp3) is 0.400. The molecule has 1 heterocycles. The van der Waals surface area contributed by atoms with Gasteiger partial charge in [0.1, 0.15) is 12.4 Å². The standard InChI is InChI=1S/C15H19Cl2N3O/c1-3-11(4-2)20-6-5-10(19-20)9-21-15-8-13(17)12(16)7-14(15)18/h5-8,11H,3-4,9,18H2,1-2H3. The summed E-state index contributed by atoms with van der Waals surface area (Å²) in [6, 6.07) is 5.58. The van der Waals surface area contributed by atoms with Crippen molar-refractivity contribution in [2.75, 3.05) is 5.73 Å². The summed E-state index contributed by atoms with van der Waals surface area (Å²) in [6.45, 7) is 4.65. The predicted molar refractivity (Wildman–Crippen MR) is 87.1 cm³/mol. The Morgan fingerprint density at radius 1 is 1.24 bits per heavy atom. The van der Waals surface area contributed by atoms with Gasteiger partial charge in [-0.1, -0.05) is 37.0 Å². The Bertz CT molecular complexity index is 609. The van der Waals surface area contributed by atoms with Crippen molar-refractivity contribution >= 4 is 28.9 Å². The average Bonchev–Trinajstić information content (AvgIpc) is 2.91. The van der Waals surface area contributed by atoms with Crippen molar-refractivity contribution < 1.29 is 4.74 Å². The smallest absolute Gasteiger partial charge is 0.144 e. The molecule has 2 rings (SSSR count). The van der Waals surface area contributed by atoms with E-state index in [4.69, 9.17) is 33.7 Å². The Morgan fingerprint density at radius 2 is 1.90 bits per heavy atom. The van der Waals surface area contributed by atoms with Crippen LogP contribution < -0.4 is 10.5 Å². The van der Waals surface area contributed by atoms with Gasteiger partial charge in [-0.3, -0.25) is 4.68 Å². The second-order valence-electron chi connectivity index (χ2n) is 4.85. The molecular formula is C15H19Cl2N3O. The zero-order valence-electron chi connectivity index (χ0n) is 12.1. The Hall–Kier alpha value is -1.39. The van der Waals surface area contributed by atoms with E-state index in [0.29, 0.717) is 34.1 Å². The van der Waals surface area contributed by atoms with Crippen molar-refractivity contribution in [2.24, 2.45) is 0 Å². The molecule has 0 aliphatic carbocycles. The molecular weight excluding hydrogens is 309 g/mol. The molecule has 4 nitrogen and oxygen atoms in total. The van der Waals surface area contributed by atoms with Crippen molar-refractivity contribution in [1.82, 2.24) is 9.78 Å². The van der Waals surface area contributed by atoms with E-state index in [0.717, 1.165) is 18.5 Å². The lowest BCUT2D eigenvalue weighted by Crippen LogP contribution is -2.08. The number of aromatic nitrogens is 2. The van der Waals surface area contributed by atoms with Gasteiger partial charge in [-0.15, -0.1) is 0 Å². The topological polar surface area (TPSA) is 53.1 Å². The number of hydrogen-bond donors (Lipinski definition) is 1. The molecule has 0 spiro atoms. The van der Waals surface area contributed by atoms with Crippen LogP contribution in [0, 0.1) is 0 Å². The number of ether oxygens (including phenoxy) is 1. The van der Waals surface area contributed by atoms with Crippen LogP contribution in [0.15, 0.2) is 24.4 Å². The first kappa shape index (κ1) is 16.0. The number of nitrogens with two attached hydrogens (primary N) is 1. The van der Waals surface area contributed by atoms with Crippen LogP contribution in [0.5, 0.6) is 5.75 Å². The molecule has 0 fully saturated rings. The second kappa shape index (κ2) is 7.05. The van der Waals surface area contributed by atoms with Crippen LogP contribution >= 0.6 is 23.2 Å². The van der Waals surface area contributed by atoms with Gasteiger partial charge >= 0.3 is 0 Å². The third-order valence-corrected chi connectivity index (χ3v) is 4.13. The van der Waals surface area contributed by atoms with E-state index in [2.05, 4.69) is 18.9 Å². The van der Waals surface area contributed by atoms with E-state index in [9.17, 15) is 0 Å². The molecule has 1 aromatic heterocycles. The molecule has 0 saturated carbocycles. The van der Waals surface area contributed by atoms with Gasteiger partial charge in [-0.25, -0.2) is 0 Å². The minimum atomic E-state index is 0.343. The highest BCUT2D eigenvalue weighted by atomic mass is 35.5. The maximum absolute atomic E-state index is 5.96. The minimum Gasteiger partial charge on any atom is -0.485 e. The van der Waals surface area contributed by atoms with Crippen LogP contribution in [0.4, 0.5) is 5.69 Å². The molecule has 6 heteroatoms. The molecule has 0 amide bonds. The first-order chi connectivity index (χ1) is 10.0. The SMILES string of the molecule is CCC(CC)n1ccc(COc2cc(Cl)c(Cl)cc2N)n1. The summed E-state index contributed by atoms with van der Waals surface area (Å²) >= 11 is 11.9. The van der Waals surface area contributed by atoms with Gasteiger partial charge in [-0.2, -0.15) is 5.10 Å². The number of hydrogen-bond acceptors (Lipinski definition) is 3. The maximum atomic E-state index is 5.96. The van der Waals surface area contributed by atoms with E-state index in [1.165, 1.54) is 0 Å². The second-order valence-corrected chi connectivity index (χ2v) is 5.66. The summed E-state index contributed by atoms with van der Waals surface area (Å²) in [5.41, 5.74) is 7.17. The quantitative estimate of drug-likeness (QED) is 0.781. The van der Waals surface area contributed by atoms with E-state index >= 15 is 0 Å². The Morgan fingerprint density at radius 3 is 2.57 bits per heavy atom. The van der Waals surface area contributed by atoms with Gasteiger partial charge in [0.2, 0.25) is 0 Å². The summed E-state index contributed by atoms with van der Waals surface area (Å²) in [6.07, 6.45) is 4.09. The van der Waals surface area contributed by atoms with Gasteiger partial charge in [0.25, 0.3) is 0 Å². The molecule has 0 saturated heterocycles. The number of anilines is 1. The van der Waals surface area contributed by atoms with Gasteiger partial charge < -0.3 is 10.5 Å². The molecule has 0 unspecified atom stereocenters. The monoisotopic (exact) mass is 327 g/mol. The zero-order valence-corrected chi connectivity index (χ0v) is 13.7. The van der Waals surface area contributed by atoms with Gasteiger partial charge in [0.15, 0.2) is 0 Å². The van der Waals surface area contributed by atoms with E-state index < -0.39 is 0 Å². The number of halogens is 2. The molecule has 0 radical (unpaired) electrons. The summed E-state index contributed by atoms with van der Waals surface area (Å²) in [5, 5.41) is 5.36. The molecule has 1 aromatic carbocycles. The molecule has 0 aliphatic rings. The highest BCUT2D eigenvalue weighted by molar-refractivity contribution is 6.42. The molecule has 2 N–H and O–H groups in total. The molecule has 114 valence electrons. The summed E-state index contributed by atoms with van der Waals surface area (Å²) in [4.78, 5) is 0. The highest BCUT2D eigenvalue weighted by Gasteiger charge is 2.10. The molecule has 0 bridgehead atoms. The Labute approximate surface area is 134 Å². The van der Waals surface area contributed by atoms with Crippen LogP contribution in [0.1, 0.15) is 38.4 Å². The van der Waals surface area contributed by atoms with Crippen molar-refractivity contribution in [3.8, 4) is 5.75 Å². The lowest BCUT2D eigenvalue weighted by atomic mass is 10.2. The molecule has 2 aromatic rings. The predicted octanol–water partition coefficient (Wildman–Crippen LogP) is 4.71. The Balaban J connectivity index is 2.05. The lowest BCUT2D eigenvalue weighted by molar-refractivity contribution is 0.299. The van der Waals surface area contributed by atoms with Gasteiger partial charge in [0.05, 0.1) is 27.5 Å². The normalized spacial score (nSPS) is 11.1. The van der Waals surface area contributed by atoms with Crippen LogP contribution in [-0.2, 0) is 6.61 Å². The fourth-order valence-corrected chi connectivity index (χ4v) is 2.47. The summed E-state index contributed by atoms with van der Waals surface area (Å²) < 4.78 is 7.66. The van der Waals surface area contributed by atoms with Crippen molar-refractivity contribution in [3.05, 3.63) is 40.1 Å². The molecule has 21 heavy (non-hydrogen) atoms. The molecule has 0 aliphatic heterocycles. The molecule has 0 atom stereocenters. The van der Waals surface area contributed by atoms with Gasteiger partial charge in [-0.05, 0) is 25.0 Å². The average molecular weight is 328 g/mol. The first-order valence-electron chi connectivity index (χ1n) is 6.96. The van der Waals surface area contributed by atoms with E-state index in [-0.39, 0.29) is 0 Å². The van der Waals surface area contributed by atoms with Crippen molar-refractivity contribution in [2.45, 2.75) is 39.3 Å². The summed E-state index contributed by atoms with van der Waals surface area (Å²) in [5.74, 6) is 0.515. The highest BCUT2D eigenvalue weighted by Crippen LogP contribution is 2.32. The minimum absolute atomic E-state index is 0.343. The first-order valence-corrected chi connectivity index (χ1v) is 7.72. The number of nitrogens with zero attached hydrogens (tertiary/aromatic N) is 2. The third kappa shape index (κ3) is 3.83. The van der Waals surface area contributed by atoms with Crippen LogP contribution in [-0.4, -0.2) is 9.78 Å². The largest absolute Gasteiger partial charge is 0.485 e. The maximum Gasteiger partial charge on any atom is 0.144 e. The van der Waals surface area contributed by atoms with Crippen molar-refractivity contribution in [3.63, 3.8) is 0 Å². The van der Waals surface area contributed by atoms with E-state index in [1.807, 2.05) is 16.9 Å². The zero-order chi connectivity index (χ0) is 15.4. The van der Waals surface area contributed by atoms with Crippen molar-refractivity contribution in [1.29, 1.82) is 0 Å². The summed E-state index contributed by atoms with van der Waals surface area (Å²) in [7, 11) is 0. The Kier molecular flexibility index (Phi) is 5.37. The van der Waals surface area contributed by atoms with Gasteiger partial charge in [0, 0.05) is 12.3 Å². The van der Waals surface area contributed by atoms with Crippen LogP contribution in [0.3, 0.4) is 0 Å². The van der Waals surface area contributed by atoms with E-state index in [1.54, 1.807) is 12.1 Å². The van der Waals surface area contributed by atoms with Crippen LogP contribution in [0.2, 0.25) is 10.0 Å². The number of rotatable bonds is 6.